The van der Waals surface area contributed by atoms with E-state index < -0.39 is 8.11 Å². The maximum absolute atomic E-state index is 11.4. The summed E-state index contributed by atoms with van der Waals surface area (Å²) < 4.78 is 4.09. The number of ether oxygens (including phenoxy) is 1. The van der Waals surface area contributed by atoms with E-state index in [9.17, 15) is 4.79 Å². The molecule has 102 valence electrons. The van der Waals surface area contributed by atoms with Gasteiger partial charge in [-0.3, -0.25) is 0 Å². The van der Waals surface area contributed by atoms with Crippen LogP contribution in [0.5, 0.6) is 0 Å². The normalized spacial score (nSPS) is 11.7. The quantitative estimate of drug-likeness (QED) is 0.433. The minimum atomic E-state index is -0.994. The number of fused-ring (bicyclic) bond motifs is 1. The molecule has 1 N–H and O–H groups in total. The van der Waals surface area contributed by atoms with Crippen molar-refractivity contribution in [3.8, 4) is 0 Å². The van der Waals surface area contributed by atoms with Gasteiger partial charge >= 0.3 is 5.97 Å². The zero-order valence-corrected chi connectivity index (χ0v) is 14.6. The van der Waals surface area contributed by atoms with Crippen LogP contribution in [0.1, 0.15) is 12.2 Å². The molecule has 0 unspecified atom stereocenters. The smallest absolute Gasteiger partial charge is 0.344 e. The highest BCUT2D eigenvalue weighted by Crippen LogP contribution is 2.34. The second-order valence-electron chi connectivity index (χ2n) is 3.94. The molecule has 1 heterocycles. The second kappa shape index (κ2) is 6.37. The fourth-order valence-corrected chi connectivity index (χ4v) is 1.95. The summed E-state index contributed by atoms with van der Waals surface area (Å²) in [7, 11) is 0. The van der Waals surface area contributed by atoms with Crippen LogP contribution in [0, 0.1) is 0 Å². The maximum Gasteiger partial charge on any atom is 0.344 e. The predicted octanol–water partition coefficient (Wildman–Crippen LogP) is 3.88. The van der Waals surface area contributed by atoms with Crippen LogP contribution in [0.3, 0.4) is 0 Å². The first-order valence-electron chi connectivity index (χ1n) is 5.64. The lowest BCUT2D eigenvalue weighted by molar-refractivity contribution is -0.141. The van der Waals surface area contributed by atoms with Crippen molar-refractivity contribution in [2.24, 2.45) is 0 Å². The van der Waals surface area contributed by atoms with Crippen molar-refractivity contribution >= 4 is 64.8 Å². The zero-order valence-electron chi connectivity index (χ0n) is 9.83. The van der Waals surface area contributed by atoms with Gasteiger partial charge in [0.15, 0.2) is 0 Å². The van der Waals surface area contributed by atoms with Gasteiger partial charge in [-0.05, 0) is 66.3 Å². The van der Waals surface area contributed by atoms with Crippen LogP contribution < -0.4 is 0 Å². The van der Waals surface area contributed by atoms with Crippen LogP contribution in [0.2, 0.25) is 0 Å². The van der Waals surface area contributed by atoms with Crippen molar-refractivity contribution in [2.75, 3.05) is 6.61 Å². The molecule has 1 aromatic heterocycles. The molecule has 19 heavy (non-hydrogen) atoms. The summed E-state index contributed by atoms with van der Waals surface area (Å²) >= 11 is 9.31. The number of rotatable bonds is 4. The molecular weight excluding hydrogens is 444 g/mol. The van der Waals surface area contributed by atoms with E-state index in [-0.39, 0.29) is 0 Å². The molecule has 0 aliphatic carbocycles. The molecule has 0 bridgehead atoms. The number of aromatic amines is 1. The summed E-state index contributed by atoms with van der Waals surface area (Å²) in [5, 5.41) is 0. The van der Waals surface area contributed by atoms with E-state index >= 15 is 0 Å². The van der Waals surface area contributed by atoms with Crippen LogP contribution >= 0.6 is 47.8 Å². The molecule has 0 aliphatic rings. The van der Waals surface area contributed by atoms with Crippen molar-refractivity contribution < 1.29 is 9.53 Å². The number of halogens is 3. The van der Waals surface area contributed by atoms with Crippen LogP contribution in [0.25, 0.3) is 11.0 Å². The van der Waals surface area contributed by atoms with Crippen molar-refractivity contribution in [2.45, 2.75) is 15.0 Å². The lowest BCUT2D eigenvalue weighted by atomic mass is 10.3. The standard InChI is InChI=1S/C12H11Br3N2O2/c13-12(14,15)11(18)19-7-3-6-10-16-8-4-1-2-5-9(8)17-10/h1-2,4-5H,3,6-7H2,(H,16,17). The molecule has 0 amide bonds. The van der Waals surface area contributed by atoms with Gasteiger partial charge in [0.25, 0.3) is 0 Å². The van der Waals surface area contributed by atoms with Gasteiger partial charge in [0, 0.05) is 6.42 Å². The zero-order chi connectivity index (χ0) is 13.9. The van der Waals surface area contributed by atoms with Gasteiger partial charge in [0.05, 0.1) is 17.6 Å². The van der Waals surface area contributed by atoms with Crippen LogP contribution in [0.4, 0.5) is 0 Å². The average molecular weight is 455 g/mol. The maximum atomic E-state index is 11.4. The molecule has 2 aromatic rings. The molecule has 0 saturated heterocycles. The number of carbonyl (C=O) groups is 1. The number of nitrogens with zero attached hydrogens (tertiary/aromatic N) is 1. The fraction of sp³-hybridized carbons (Fsp3) is 0.333. The number of benzene rings is 1. The number of aryl methyl sites for hydroxylation is 1. The Morgan fingerprint density at radius 2 is 2.05 bits per heavy atom. The number of imidazole rings is 1. The van der Waals surface area contributed by atoms with Gasteiger partial charge in [-0.15, -0.1) is 0 Å². The second-order valence-corrected chi connectivity index (χ2v) is 10.7. The monoisotopic (exact) mass is 452 g/mol. The molecule has 0 spiro atoms. The van der Waals surface area contributed by atoms with Crippen molar-refractivity contribution in [1.82, 2.24) is 9.97 Å². The van der Waals surface area contributed by atoms with Crippen LogP contribution in [-0.2, 0) is 16.0 Å². The van der Waals surface area contributed by atoms with Gasteiger partial charge in [0.2, 0.25) is 2.14 Å². The predicted molar refractivity (Wildman–Crippen MR) is 84.9 cm³/mol. The number of hydrogen-bond acceptors (Lipinski definition) is 3. The Kier molecular flexibility index (Phi) is 5.03. The highest BCUT2D eigenvalue weighted by Gasteiger charge is 2.30. The molecule has 0 aliphatic heterocycles. The van der Waals surface area contributed by atoms with E-state index in [4.69, 9.17) is 4.74 Å². The van der Waals surface area contributed by atoms with Crippen LogP contribution in [-0.4, -0.2) is 24.7 Å². The Morgan fingerprint density at radius 1 is 1.32 bits per heavy atom. The number of esters is 1. The molecule has 2 rings (SSSR count). The van der Waals surface area contributed by atoms with Gasteiger partial charge < -0.3 is 9.72 Å². The molecule has 1 aromatic carbocycles. The van der Waals surface area contributed by atoms with E-state index in [1.165, 1.54) is 0 Å². The summed E-state index contributed by atoms with van der Waals surface area (Å²) in [4.78, 5) is 19.1. The number of aromatic nitrogens is 2. The van der Waals surface area contributed by atoms with Gasteiger partial charge in [-0.2, -0.15) is 0 Å². The van der Waals surface area contributed by atoms with E-state index in [1.54, 1.807) is 0 Å². The van der Waals surface area contributed by atoms with Gasteiger partial charge in [0.1, 0.15) is 5.82 Å². The lowest BCUT2D eigenvalue weighted by Gasteiger charge is -2.10. The van der Waals surface area contributed by atoms with E-state index in [0.29, 0.717) is 13.0 Å². The van der Waals surface area contributed by atoms with Gasteiger partial charge in [-0.1, -0.05) is 12.1 Å². The minimum absolute atomic E-state index is 0.348. The largest absolute Gasteiger partial charge is 0.463 e. The lowest BCUT2D eigenvalue weighted by Crippen LogP contribution is -2.20. The fourth-order valence-electron chi connectivity index (χ4n) is 1.61. The molecular formula is C12H11Br3N2O2. The molecule has 0 fully saturated rings. The number of H-pyrrole nitrogens is 1. The van der Waals surface area contributed by atoms with Crippen LogP contribution in [0.15, 0.2) is 24.3 Å². The van der Waals surface area contributed by atoms with Gasteiger partial charge in [-0.25, -0.2) is 9.78 Å². The van der Waals surface area contributed by atoms with Crippen molar-refractivity contribution in [3.05, 3.63) is 30.1 Å². The molecule has 4 nitrogen and oxygen atoms in total. The number of para-hydroxylation sites is 2. The Labute approximate surface area is 135 Å². The number of nitrogens with one attached hydrogen (secondary N) is 1. The number of carbonyl (C=O) groups excluding carboxylic acids is 1. The minimum Gasteiger partial charge on any atom is -0.463 e. The van der Waals surface area contributed by atoms with Crippen molar-refractivity contribution in [1.29, 1.82) is 0 Å². The third-order valence-electron chi connectivity index (χ3n) is 2.46. The van der Waals surface area contributed by atoms with Crippen molar-refractivity contribution in [3.63, 3.8) is 0 Å². The molecule has 0 saturated carbocycles. The molecule has 0 atom stereocenters. The average Bonchev–Trinajstić information content (AvgIpc) is 2.75. The Morgan fingerprint density at radius 3 is 2.74 bits per heavy atom. The SMILES string of the molecule is O=C(OCCCc1nc2ccccc2[nH]1)C(Br)(Br)Br. The number of hydrogen-bond donors (Lipinski definition) is 1. The topological polar surface area (TPSA) is 55.0 Å². The Hall–Kier alpha value is -0.400. The first-order valence-corrected chi connectivity index (χ1v) is 8.02. The van der Waals surface area contributed by atoms with E-state index in [2.05, 4.69) is 57.8 Å². The summed E-state index contributed by atoms with van der Waals surface area (Å²) in [5.41, 5.74) is 1.98. The highest BCUT2D eigenvalue weighted by atomic mass is 80.0. The summed E-state index contributed by atoms with van der Waals surface area (Å²) in [5.74, 6) is 0.497. The third kappa shape index (κ3) is 4.29. The summed E-state index contributed by atoms with van der Waals surface area (Å²) in [6, 6.07) is 7.87. The first-order chi connectivity index (χ1) is 8.97. The molecule has 0 radical (unpaired) electrons. The Balaban J connectivity index is 1.81. The summed E-state index contributed by atoms with van der Waals surface area (Å²) in [6.45, 7) is 0.348. The summed E-state index contributed by atoms with van der Waals surface area (Å²) in [6.07, 6.45) is 1.45. The van der Waals surface area contributed by atoms with E-state index in [1.807, 2.05) is 24.3 Å². The first kappa shape index (κ1) is 15.0. The van der Waals surface area contributed by atoms with E-state index in [0.717, 1.165) is 23.3 Å². The Bertz CT molecular complexity index is 545. The molecule has 7 heteroatoms. The third-order valence-corrected chi connectivity index (χ3v) is 3.43. The highest BCUT2D eigenvalue weighted by molar-refractivity contribution is 9.40. The number of alkyl halides is 3.